The molecule has 8 heteroatoms. The molecule has 0 spiro atoms. The molecule has 0 bridgehead atoms. The number of benzene rings is 2. The van der Waals surface area contributed by atoms with Gasteiger partial charge < -0.3 is 9.30 Å². The van der Waals surface area contributed by atoms with Crippen LogP contribution >= 0.6 is 11.3 Å². The molecule has 0 fully saturated rings. The van der Waals surface area contributed by atoms with Crippen LogP contribution in [0.4, 0.5) is 0 Å². The minimum Gasteiger partial charge on any atom is -0.494 e. The summed E-state index contributed by atoms with van der Waals surface area (Å²) in [5.74, 6) is 0.251. The number of ether oxygens (including phenoxy) is 1. The standard InChI is InChI=1S/C20H20N2O4S2/c1-4-11-22-17-10-9-15(26-5-2)13-18(17)27-20(22)21-19(23)14-7-6-8-16(12-14)28(3,24)25/h4,6-10,12-13H,1,5,11H2,2-3H3. The Morgan fingerprint density at radius 1 is 1.29 bits per heavy atom. The molecular formula is C20H20N2O4S2. The van der Waals surface area contributed by atoms with Crippen molar-refractivity contribution in [2.24, 2.45) is 4.99 Å². The van der Waals surface area contributed by atoms with Gasteiger partial charge in [0.2, 0.25) is 0 Å². The van der Waals surface area contributed by atoms with E-state index in [-0.39, 0.29) is 10.5 Å². The van der Waals surface area contributed by atoms with Gasteiger partial charge in [-0.2, -0.15) is 4.99 Å². The van der Waals surface area contributed by atoms with E-state index in [0.717, 1.165) is 22.2 Å². The van der Waals surface area contributed by atoms with Crippen molar-refractivity contribution in [1.29, 1.82) is 0 Å². The van der Waals surface area contributed by atoms with E-state index in [9.17, 15) is 13.2 Å². The summed E-state index contributed by atoms with van der Waals surface area (Å²) in [5.41, 5.74) is 1.14. The minimum absolute atomic E-state index is 0.0882. The predicted octanol–water partition coefficient (Wildman–Crippen LogP) is 3.43. The van der Waals surface area contributed by atoms with Crippen LogP contribution in [0.25, 0.3) is 10.2 Å². The van der Waals surface area contributed by atoms with E-state index in [4.69, 9.17) is 4.74 Å². The summed E-state index contributed by atoms with van der Waals surface area (Å²) >= 11 is 1.37. The van der Waals surface area contributed by atoms with Crippen molar-refractivity contribution in [1.82, 2.24) is 4.57 Å². The van der Waals surface area contributed by atoms with Crippen molar-refractivity contribution in [3.63, 3.8) is 0 Å². The lowest BCUT2D eigenvalue weighted by atomic mass is 10.2. The fourth-order valence-corrected chi connectivity index (χ4v) is 4.45. The Morgan fingerprint density at radius 3 is 2.75 bits per heavy atom. The topological polar surface area (TPSA) is 77.7 Å². The number of aromatic nitrogens is 1. The van der Waals surface area contributed by atoms with Crippen LogP contribution in [0.15, 0.2) is 65.0 Å². The van der Waals surface area contributed by atoms with Gasteiger partial charge in [-0.3, -0.25) is 4.79 Å². The quantitative estimate of drug-likeness (QED) is 0.577. The van der Waals surface area contributed by atoms with Crippen LogP contribution in [-0.2, 0) is 16.4 Å². The molecule has 0 aliphatic heterocycles. The summed E-state index contributed by atoms with van der Waals surface area (Å²) in [4.78, 5) is 17.5. The van der Waals surface area contributed by atoms with Crippen LogP contribution in [0.3, 0.4) is 0 Å². The van der Waals surface area contributed by atoms with Gasteiger partial charge in [0.25, 0.3) is 5.91 Å². The van der Waals surface area contributed by atoms with Crippen LogP contribution in [0.1, 0.15) is 17.3 Å². The lowest BCUT2D eigenvalue weighted by Gasteiger charge is -2.04. The Balaban J connectivity index is 2.11. The maximum atomic E-state index is 12.7. The van der Waals surface area contributed by atoms with Crippen molar-refractivity contribution in [3.05, 3.63) is 65.5 Å². The highest BCUT2D eigenvalue weighted by molar-refractivity contribution is 7.90. The molecule has 0 saturated heterocycles. The number of allylic oxidation sites excluding steroid dienone is 1. The maximum Gasteiger partial charge on any atom is 0.279 e. The van der Waals surface area contributed by atoms with E-state index in [2.05, 4.69) is 11.6 Å². The van der Waals surface area contributed by atoms with Gasteiger partial charge >= 0.3 is 0 Å². The second kappa shape index (κ2) is 8.12. The molecule has 0 aliphatic carbocycles. The molecule has 6 nitrogen and oxygen atoms in total. The number of nitrogens with zero attached hydrogens (tertiary/aromatic N) is 2. The number of rotatable bonds is 6. The van der Waals surface area contributed by atoms with Gasteiger partial charge in [-0.15, -0.1) is 6.58 Å². The predicted molar refractivity (Wildman–Crippen MR) is 111 cm³/mol. The number of sulfone groups is 1. The molecule has 3 aromatic rings. The van der Waals surface area contributed by atoms with Gasteiger partial charge in [0.1, 0.15) is 5.75 Å². The molecule has 1 amide bonds. The molecule has 0 atom stereocenters. The zero-order chi connectivity index (χ0) is 20.3. The van der Waals surface area contributed by atoms with Gasteiger partial charge in [0.15, 0.2) is 14.6 Å². The molecule has 0 unspecified atom stereocenters. The van der Waals surface area contributed by atoms with Gasteiger partial charge in [-0.1, -0.05) is 23.5 Å². The lowest BCUT2D eigenvalue weighted by Crippen LogP contribution is -2.16. The number of thiazole rings is 1. The van der Waals surface area contributed by atoms with E-state index >= 15 is 0 Å². The number of amides is 1. The van der Waals surface area contributed by atoms with E-state index in [0.29, 0.717) is 18.0 Å². The molecule has 146 valence electrons. The summed E-state index contributed by atoms with van der Waals surface area (Å²) in [7, 11) is -3.40. The van der Waals surface area contributed by atoms with Crippen LogP contribution in [0.2, 0.25) is 0 Å². The smallest absolute Gasteiger partial charge is 0.279 e. The first kappa shape index (κ1) is 20.0. The fraction of sp³-hybridized carbons (Fsp3) is 0.200. The normalized spacial score (nSPS) is 12.3. The molecule has 3 rings (SSSR count). The molecule has 1 aromatic heterocycles. The van der Waals surface area contributed by atoms with Gasteiger partial charge in [0.05, 0.1) is 21.7 Å². The Morgan fingerprint density at radius 2 is 2.07 bits per heavy atom. The van der Waals surface area contributed by atoms with Crippen molar-refractivity contribution in [2.75, 3.05) is 12.9 Å². The second-order valence-corrected chi connectivity index (χ2v) is 9.09. The van der Waals surface area contributed by atoms with Gasteiger partial charge in [-0.25, -0.2) is 8.42 Å². The summed E-state index contributed by atoms with van der Waals surface area (Å²) in [6.45, 7) is 6.74. The molecule has 28 heavy (non-hydrogen) atoms. The fourth-order valence-electron chi connectivity index (χ4n) is 2.71. The average Bonchev–Trinajstić information content (AvgIpc) is 2.98. The van der Waals surface area contributed by atoms with Crippen molar-refractivity contribution in [3.8, 4) is 5.75 Å². The SMILES string of the molecule is C=CCn1c(=NC(=O)c2cccc(S(C)(=O)=O)c2)sc2cc(OCC)ccc21. The molecule has 0 radical (unpaired) electrons. The summed E-state index contributed by atoms with van der Waals surface area (Å²) in [6, 6.07) is 11.6. The van der Waals surface area contributed by atoms with E-state index in [1.165, 1.54) is 29.5 Å². The van der Waals surface area contributed by atoms with Crippen LogP contribution < -0.4 is 9.54 Å². The maximum absolute atomic E-state index is 12.7. The van der Waals surface area contributed by atoms with Crippen molar-refractivity contribution >= 4 is 37.3 Å². The molecule has 0 saturated carbocycles. The van der Waals surface area contributed by atoms with E-state index < -0.39 is 15.7 Å². The highest BCUT2D eigenvalue weighted by atomic mass is 32.2. The third kappa shape index (κ3) is 4.23. The minimum atomic E-state index is -3.40. The summed E-state index contributed by atoms with van der Waals surface area (Å²) in [6.07, 6.45) is 2.84. The van der Waals surface area contributed by atoms with Crippen molar-refractivity contribution < 1.29 is 17.9 Å². The molecule has 0 aliphatic rings. The van der Waals surface area contributed by atoms with E-state index in [1.807, 2.05) is 29.7 Å². The van der Waals surface area contributed by atoms with Crippen LogP contribution in [-0.4, -0.2) is 31.8 Å². The van der Waals surface area contributed by atoms with Crippen molar-refractivity contribution in [2.45, 2.75) is 18.4 Å². The number of hydrogen-bond donors (Lipinski definition) is 0. The first-order chi connectivity index (χ1) is 13.3. The third-order valence-corrected chi connectivity index (χ3v) is 6.13. The Kier molecular flexibility index (Phi) is 5.81. The number of fused-ring (bicyclic) bond motifs is 1. The molecular weight excluding hydrogens is 396 g/mol. The Hall–Kier alpha value is -2.71. The highest BCUT2D eigenvalue weighted by Crippen LogP contribution is 2.23. The zero-order valence-electron chi connectivity index (χ0n) is 15.6. The third-order valence-electron chi connectivity index (χ3n) is 3.98. The summed E-state index contributed by atoms with van der Waals surface area (Å²) in [5, 5.41) is 0. The van der Waals surface area contributed by atoms with Crippen LogP contribution in [0.5, 0.6) is 5.75 Å². The highest BCUT2D eigenvalue weighted by Gasteiger charge is 2.13. The zero-order valence-corrected chi connectivity index (χ0v) is 17.2. The van der Waals surface area contributed by atoms with Gasteiger partial charge in [0, 0.05) is 18.4 Å². The Labute approximate surface area is 167 Å². The average molecular weight is 417 g/mol. The monoisotopic (exact) mass is 416 g/mol. The number of carbonyl (C=O) groups excluding carboxylic acids is 1. The second-order valence-electron chi connectivity index (χ2n) is 6.06. The Bertz CT molecular complexity index is 1220. The van der Waals surface area contributed by atoms with Gasteiger partial charge in [-0.05, 0) is 43.3 Å². The lowest BCUT2D eigenvalue weighted by molar-refractivity contribution is 0.0997. The first-order valence-corrected chi connectivity index (χ1v) is 11.3. The molecule has 0 N–H and O–H groups in total. The largest absolute Gasteiger partial charge is 0.494 e. The first-order valence-electron chi connectivity index (χ1n) is 8.59. The van der Waals surface area contributed by atoms with Crippen LogP contribution in [0, 0.1) is 0 Å². The molecule has 1 heterocycles. The molecule has 2 aromatic carbocycles. The summed E-state index contributed by atoms with van der Waals surface area (Å²) < 4.78 is 31.8. The number of carbonyl (C=O) groups is 1. The number of hydrogen-bond acceptors (Lipinski definition) is 5. The van der Waals surface area contributed by atoms with E-state index in [1.54, 1.807) is 12.1 Å².